The van der Waals surface area contributed by atoms with Crippen molar-refractivity contribution in [1.82, 2.24) is 0 Å². The summed E-state index contributed by atoms with van der Waals surface area (Å²) in [5.74, 6) is 0. The van der Waals surface area contributed by atoms with Gasteiger partial charge in [-0.3, -0.25) is 0 Å². The smallest absolute Gasteiger partial charge is 0.0491 e. The molecular weight excluding hydrogens is 204 g/mol. The maximum atomic E-state index is 5.91. The van der Waals surface area contributed by atoms with Crippen LogP contribution in [0.3, 0.4) is 0 Å². The van der Waals surface area contributed by atoms with Crippen LogP contribution in [0.5, 0.6) is 0 Å². The van der Waals surface area contributed by atoms with E-state index in [0.29, 0.717) is 5.02 Å². The average molecular weight is 212 g/mol. The summed E-state index contributed by atoms with van der Waals surface area (Å²) < 4.78 is 0. The Morgan fingerprint density at radius 1 is 0.800 bits per heavy atom. The molecule has 0 saturated carbocycles. The minimum absolute atomic E-state index is 0.665. The number of halogens is 1. The van der Waals surface area contributed by atoms with E-state index in [-0.39, 0.29) is 0 Å². The lowest BCUT2D eigenvalue weighted by Gasteiger charge is -2.01. The second kappa shape index (κ2) is 3.25. The van der Waals surface area contributed by atoms with E-state index in [4.69, 9.17) is 11.6 Å². The Morgan fingerprint density at radius 2 is 1.53 bits per heavy atom. The molecule has 0 aliphatic carbocycles. The van der Waals surface area contributed by atoms with E-state index in [1.165, 1.54) is 16.2 Å². The van der Waals surface area contributed by atoms with Gasteiger partial charge < -0.3 is 0 Å². The van der Waals surface area contributed by atoms with Crippen molar-refractivity contribution in [3.63, 3.8) is 0 Å². The van der Waals surface area contributed by atoms with Crippen molar-refractivity contribution in [3.05, 3.63) is 59.6 Å². The van der Waals surface area contributed by atoms with E-state index in [9.17, 15) is 0 Å². The molecule has 0 fully saturated rings. The predicted molar refractivity (Wildman–Crippen MR) is 65.3 cm³/mol. The molecular formula is C14H8Cl. The van der Waals surface area contributed by atoms with Crippen LogP contribution in [0.1, 0.15) is 0 Å². The van der Waals surface area contributed by atoms with E-state index in [0.717, 1.165) is 5.39 Å². The predicted octanol–water partition coefficient (Wildman–Crippen LogP) is 4.45. The van der Waals surface area contributed by atoms with Gasteiger partial charge in [-0.2, -0.15) is 0 Å². The molecule has 0 bridgehead atoms. The highest BCUT2D eigenvalue weighted by Gasteiger charge is 1.98. The van der Waals surface area contributed by atoms with Crippen LogP contribution in [0.25, 0.3) is 21.5 Å². The zero-order valence-corrected chi connectivity index (χ0v) is 8.75. The monoisotopic (exact) mass is 211 g/mol. The van der Waals surface area contributed by atoms with Crippen LogP contribution in [0, 0.1) is 6.07 Å². The number of hydrogen-bond donors (Lipinski definition) is 0. The van der Waals surface area contributed by atoms with Crippen molar-refractivity contribution >= 4 is 33.1 Å². The van der Waals surface area contributed by atoms with Crippen LogP contribution >= 0.6 is 11.6 Å². The van der Waals surface area contributed by atoms with Crippen molar-refractivity contribution in [2.45, 2.75) is 0 Å². The standard InChI is InChI=1S/C14H8Cl/c15-14-6-5-12-7-10-3-1-2-4-11(10)8-13(12)9-14/h1-8H. The van der Waals surface area contributed by atoms with Gasteiger partial charge in [-0.25, -0.2) is 0 Å². The van der Waals surface area contributed by atoms with E-state index in [2.05, 4.69) is 30.3 Å². The fourth-order valence-electron chi connectivity index (χ4n) is 1.84. The summed E-state index contributed by atoms with van der Waals surface area (Å²) in [6.07, 6.45) is 0. The van der Waals surface area contributed by atoms with Gasteiger partial charge >= 0.3 is 0 Å². The molecule has 3 aromatic rings. The molecule has 15 heavy (non-hydrogen) atoms. The first-order valence-corrected chi connectivity index (χ1v) is 5.21. The third kappa shape index (κ3) is 1.47. The molecule has 1 heteroatoms. The highest BCUT2D eigenvalue weighted by Crippen LogP contribution is 2.24. The van der Waals surface area contributed by atoms with Crippen LogP contribution in [0.2, 0.25) is 5.02 Å². The summed E-state index contributed by atoms with van der Waals surface area (Å²) in [6, 6.07) is 19.6. The van der Waals surface area contributed by atoms with Crippen molar-refractivity contribution < 1.29 is 0 Å². The molecule has 3 aromatic carbocycles. The number of fused-ring (bicyclic) bond motifs is 2. The van der Waals surface area contributed by atoms with Gasteiger partial charge in [-0.15, -0.1) is 0 Å². The SMILES string of the molecule is Clc1[c]c2cc3ccccc3cc2cc1. The van der Waals surface area contributed by atoms with Gasteiger partial charge in [0.2, 0.25) is 0 Å². The molecule has 71 valence electrons. The molecule has 0 spiro atoms. The summed E-state index contributed by atoms with van der Waals surface area (Å²) in [6.45, 7) is 0. The highest BCUT2D eigenvalue weighted by molar-refractivity contribution is 6.31. The Morgan fingerprint density at radius 3 is 2.33 bits per heavy atom. The minimum Gasteiger partial charge on any atom is -0.0836 e. The van der Waals surface area contributed by atoms with Gasteiger partial charge in [0.15, 0.2) is 0 Å². The molecule has 0 saturated heterocycles. The topological polar surface area (TPSA) is 0 Å². The van der Waals surface area contributed by atoms with Crippen LogP contribution in [0.4, 0.5) is 0 Å². The molecule has 0 N–H and O–H groups in total. The molecule has 0 atom stereocenters. The molecule has 0 nitrogen and oxygen atoms in total. The van der Waals surface area contributed by atoms with Gasteiger partial charge in [0.25, 0.3) is 0 Å². The molecule has 0 heterocycles. The Labute approximate surface area is 93.1 Å². The van der Waals surface area contributed by atoms with Crippen molar-refractivity contribution in [3.8, 4) is 0 Å². The third-order valence-electron chi connectivity index (χ3n) is 2.58. The summed E-state index contributed by atoms with van der Waals surface area (Å²) in [4.78, 5) is 0. The van der Waals surface area contributed by atoms with E-state index < -0.39 is 0 Å². The molecule has 0 aliphatic heterocycles. The molecule has 1 radical (unpaired) electrons. The third-order valence-corrected chi connectivity index (χ3v) is 2.80. The first-order chi connectivity index (χ1) is 7.33. The average Bonchev–Trinajstić information content (AvgIpc) is 2.26. The van der Waals surface area contributed by atoms with Crippen LogP contribution in [-0.4, -0.2) is 0 Å². The maximum Gasteiger partial charge on any atom is 0.0491 e. The molecule has 0 amide bonds. The molecule has 0 unspecified atom stereocenters. The van der Waals surface area contributed by atoms with Crippen molar-refractivity contribution in [1.29, 1.82) is 0 Å². The summed E-state index contributed by atoms with van der Waals surface area (Å²) >= 11 is 5.91. The summed E-state index contributed by atoms with van der Waals surface area (Å²) in [7, 11) is 0. The molecule has 3 rings (SSSR count). The normalized spacial score (nSPS) is 11.0. The Bertz CT molecular complexity index is 641. The fourth-order valence-corrected chi connectivity index (χ4v) is 2.00. The van der Waals surface area contributed by atoms with E-state index >= 15 is 0 Å². The Kier molecular flexibility index (Phi) is 1.90. The molecule has 0 aromatic heterocycles. The second-order valence-corrected chi connectivity index (χ2v) is 4.00. The maximum absolute atomic E-state index is 5.91. The van der Waals surface area contributed by atoms with Crippen molar-refractivity contribution in [2.75, 3.05) is 0 Å². The van der Waals surface area contributed by atoms with Crippen LogP contribution in [-0.2, 0) is 0 Å². The largest absolute Gasteiger partial charge is 0.0836 e. The Hall–Kier alpha value is -1.53. The fraction of sp³-hybridized carbons (Fsp3) is 0. The quantitative estimate of drug-likeness (QED) is 0.482. The lowest BCUT2D eigenvalue weighted by molar-refractivity contribution is 1.75. The Balaban J connectivity index is 2.47. The van der Waals surface area contributed by atoms with Gasteiger partial charge in [0, 0.05) is 11.1 Å². The zero-order chi connectivity index (χ0) is 10.3. The van der Waals surface area contributed by atoms with Crippen LogP contribution < -0.4 is 0 Å². The van der Waals surface area contributed by atoms with Crippen LogP contribution in [0.15, 0.2) is 48.5 Å². The number of rotatable bonds is 0. The lowest BCUT2D eigenvalue weighted by atomic mass is 10.0. The zero-order valence-electron chi connectivity index (χ0n) is 8.00. The lowest BCUT2D eigenvalue weighted by Crippen LogP contribution is -1.76. The highest BCUT2D eigenvalue weighted by atomic mass is 35.5. The first-order valence-electron chi connectivity index (χ1n) is 4.83. The number of benzene rings is 3. The second-order valence-electron chi connectivity index (χ2n) is 3.59. The van der Waals surface area contributed by atoms with Crippen molar-refractivity contribution in [2.24, 2.45) is 0 Å². The van der Waals surface area contributed by atoms with Gasteiger partial charge in [0.1, 0.15) is 0 Å². The summed E-state index contributed by atoms with van der Waals surface area (Å²) in [5.41, 5.74) is 0. The van der Waals surface area contributed by atoms with E-state index in [1.54, 1.807) is 0 Å². The first kappa shape index (κ1) is 8.75. The molecule has 0 aliphatic rings. The van der Waals surface area contributed by atoms with E-state index in [1.807, 2.05) is 24.3 Å². The number of hydrogen-bond acceptors (Lipinski definition) is 0. The van der Waals surface area contributed by atoms with Gasteiger partial charge in [0.05, 0.1) is 0 Å². The minimum atomic E-state index is 0.665. The van der Waals surface area contributed by atoms with Gasteiger partial charge in [-0.05, 0) is 39.7 Å². The summed E-state index contributed by atoms with van der Waals surface area (Å²) in [5, 5.41) is 5.39. The van der Waals surface area contributed by atoms with Gasteiger partial charge in [-0.1, -0.05) is 41.9 Å².